The zero-order valence-corrected chi connectivity index (χ0v) is 13.7. The Kier molecular flexibility index (Phi) is 3.76. The smallest absolute Gasteiger partial charge is 0.336 e. The molecule has 0 spiro atoms. The Hall–Kier alpha value is -3.09. The molecule has 1 atom stereocenters. The number of ether oxygens (including phenoxy) is 1. The number of aromatic nitrogens is 2. The lowest BCUT2D eigenvalue weighted by atomic mass is 10.1. The summed E-state index contributed by atoms with van der Waals surface area (Å²) in [6.07, 6.45) is 1.88. The molecule has 0 fully saturated rings. The molecule has 7 nitrogen and oxygen atoms in total. The van der Waals surface area contributed by atoms with Gasteiger partial charge in [0.2, 0.25) is 0 Å². The third-order valence-corrected chi connectivity index (χ3v) is 4.37. The van der Waals surface area contributed by atoms with Crippen LogP contribution in [0.15, 0.2) is 45.7 Å². The molecule has 3 aromatic rings. The first-order valence-corrected chi connectivity index (χ1v) is 8.10. The van der Waals surface area contributed by atoms with Crippen LogP contribution in [-0.4, -0.2) is 33.7 Å². The van der Waals surface area contributed by atoms with Crippen LogP contribution in [0.1, 0.15) is 18.2 Å². The van der Waals surface area contributed by atoms with Gasteiger partial charge in [-0.25, -0.2) is 4.79 Å². The Morgan fingerprint density at radius 2 is 2.20 bits per heavy atom. The molecule has 25 heavy (non-hydrogen) atoms. The first-order valence-electron chi connectivity index (χ1n) is 8.10. The number of rotatable bonds is 3. The van der Waals surface area contributed by atoms with Crippen LogP contribution in [0, 0.1) is 0 Å². The van der Waals surface area contributed by atoms with Gasteiger partial charge in [0.25, 0.3) is 5.91 Å². The molecule has 4 rings (SSSR count). The molecule has 1 aromatic carbocycles. The van der Waals surface area contributed by atoms with Gasteiger partial charge >= 0.3 is 5.63 Å². The first kappa shape index (κ1) is 15.4. The van der Waals surface area contributed by atoms with Crippen LogP contribution < -0.4 is 10.4 Å². The SMILES string of the molecule is CC(Oc1ccc2ccc(=O)oc2c1)C(=O)N1CCc2[nH]ncc2C1. The minimum Gasteiger partial charge on any atom is -0.481 e. The lowest BCUT2D eigenvalue weighted by molar-refractivity contribution is -0.138. The molecule has 2 aromatic heterocycles. The van der Waals surface area contributed by atoms with E-state index in [1.165, 1.54) is 6.07 Å². The number of nitrogens with zero attached hydrogens (tertiary/aromatic N) is 2. The number of aromatic amines is 1. The van der Waals surface area contributed by atoms with Gasteiger partial charge in [-0.2, -0.15) is 5.10 Å². The number of carbonyl (C=O) groups excluding carboxylic acids is 1. The van der Waals surface area contributed by atoms with Gasteiger partial charge in [-0.3, -0.25) is 9.89 Å². The van der Waals surface area contributed by atoms with Crippen LogP contribution in [0.5, 0.6) is 5.75 Å². The third kappa shape index (κ3) is 3.00. The molecule has 7 heteroatoms. The quantitative estimate of drug-likeness (QED) is 0.736. The molecule has 1 amide bonds. The van der Waals surface area contributed by atoms with E-state index < -0.39 is 11.7 Å². The molecular weight excluding hydrogens is 322 g/mol. The van der Waals surface area contributed by atoms with Gasteiger partial charge in [0.05, 0.1) is 6.20 Å². The molecule has 1 N–H and O–H groups in total. The van der Waals surface area contributed by atoms with E-state index in [0.717, 1.165) is 23.1 Å². The van der Waals surface area contributed by atoms with Gasteiger partial charge in [0.15, 0.2) is 6.10 Å². The average Bonchev–Trinajstić information content (AvgIpc) is 3.08. The van der Waals surface area contributed by atoms with Crippen molar-refractivity contribution in [3.8, 4) is 5.75 Å². The van der Waals surface area contributed by atoms with Crippen molar-refractivity contribution in [2.45, 2.75) is 26.0 Å². The maximum absolute atomic E-state index is 12.6. The normalized spacial score (nSPS) is 15.0. The van der Waals surface area contributed by atoms with Crippen molar-refractivity contribution in [3.05, 3.63) is 58.2 Å². The summed E-state index contributed by atoms with van der Waals surface area (Å²) in [6, 6.07) is 8.25. The van der Waals surface area contributed by atoms with Crippen LogP contribution in [0.3, 0.4) is 0 Å². The Morgan fingerprint density at radius 3 is 3.08 bits per heavy atom. The standard InChI is InChI=1S/C18H17N3O4/c1-11(18(23)21-7-6-15-13(10-21)9-19-20-15)24-14-4-2-12-3-5-17(22)25-16(12)8-14/h2-5,8-9,11H,6-7,10H2,1H3,(H,19,20). The maximum Gasteiger partial charge on any atom is 0.336 e. The monoisotopic (exact) mass is 339 g/mol. The zero-order valence-electron chi connectivity index (χ0n) is 13.7. The van der Waals surface area contributed by atoms with E-state index in [4.69, 9.17) is 9.15 Å². The van der Waals surface area contributed by atoms with Crippen molar-refractivity contribution >= 4 is 16.9 Å². The van der Waals surface area contributed by atoms with Crippen molar-refractivity contribution in [1.29, 1.82) is 0 Å². The largest absolute Gasteiger partial charge is 0.481 e. The third-order valence-electron chi connectivity index (χ3n) is 4.37. The summed E-state index contributed by atoms with van der Waals surface area (Å²) < 4.78 is 10.9. The van der Waals surface area contributed by atoms with Crippen LogP contribution in [-0.2, 0) is 17.8 Å². The predicted molar refractivity (Wildman–Crippen MR) is 90.3 cm³/mol. The van der Waals surface area contributed by atoms with Crippen LogP contribution in [0.2, 0.25) is 0 Å². The molecule has 0 saturated carbocycles. The number of amides is 1. The van der Waals surface area contributed by atoms with E-state index in [9.17, 15) is 9.59 Å². The predicted octanol–water partition coefficient (Wildman–Crippen LogP) is 1.87. The maximum atomic E-state index is 12.6. The minimum absolute atomic E-state index is 0.0820. The van der Waals surface area contributed by atoms with Crippen molar-refractivity contribution in [1.82, 2.24) is 15.1 Å². The molecule has 1 unspecified atom stereocenters. The van der Waals surface area contributed by atoms with E-state index in [2.05, 4.69) is 10.2 Å². The number of H-pyrrole nitrogens is 1. The van der Waals surface area contributed by atoms with Crippen molar-refractivity contribution in [3.63, 3.8) is 0 Å². The Balaban J connectivity index is 1.49. The molecule has 0 aliphatic carbocycles. The zero-order chi connectivity index (χ0) is 17.4. The number of hydrogen-bond acceptors (Lipinski definition) is 5. The van der Waals surface area contributed by atoms with E-state index >= 15 is 0 Å². The molecule has 0 radical (unpaired) electrons. The molecule has 1 aliphatic heterocycles. The lowest BCUT2D eigenvalue weighted by Crippen LogP contribution is -2.43. The number of benzene rings is 1. The summed E-state index contributed by atoms with van der Waals surface area (Å²) in [4.78, 5) is 25.8. The van der Waals surface area contributed by atoms with Gasteiger partial charge in [0.1, 0.15) is 11.3 Å². The van der Waals surface area contributed by atoms with Gasteiger partial charge < -0.3 is 14.1 Å². The highest BCUT2D eigenvalue weighted by Gasteiger charge is 2.26. The van der Waals surface area contributed by atoms with Gasteiger partial charge in [-0.05, 0) is 25.1 Å². The highest BCUT2D eigenvalue weighted by Crippen LogP contribution is 2.22. The average molecular weight is 339 g/mol. The van der Waals surface area contributed by atoms with Crippen LogP contribution in [0.25, 0.3) is 11.0 Å². The van der Waals surface area contributed by atoms with Crippen molar-refractivity contribution in [2.24, 2.45) is 0 Å². The van der Waals surface area contributed by atoms with Crippen LogP contribution in [0.4, 0.5) is 0 Å². The Bertz CT molecular complexity index is 991. The molecular formula is C18H17N3O4. The number of fused-ring (bicyclic) bond motifs is 2. The number of nitrogens with one attached hydrogen (secondary N) is 1. The summed E-state index contributed by atoms with van der Waals surface area (Å²) >= 11 is 0. The summed E-state index contributed by atoms with van der Waals surface area (Å²) in [5.74, 6) is 0.408. The van der Waals surface area contributed by atoms with E-state index in [1.54, 1.807) is 42.3 Å². The van der Waals surface area contributed by atoms with E-state index in [0.29, 0.717) is 24.4 Å². The van der Waals surface area contributed by atoms with E-state index in [-0.39, 0.29) is 5.91 Å². The molecule has 3 heterocycles. The minimum atomic E-state index is -0.638. The van der Waals surface area contributed by atoms with Gasteiger partial charge in [0, 0.05) is 48.3 Å². The van der Waals surface area contributed by atoms with Gasteiger partial charge in [-0.1, -0.05) is 0 Å². The number of hydrogen-bond donors (Lipinski definition) is 1. The lowest BCUT2D eigenvalue weighted by Gasteiger charge is -2.29. The fourth-order valence-corrected chi connectivity index (χ4v) is 3.04. The van der Waals surface area contributed by atoms with E-state index in [1.807, 2.05) is 0 Å². The second-order valence-corrected chi connectivity index (χ2v) is 6.10. The van der Waals surface area contributed by atoms with Crippen LogP contribution >= 0.6 is 0 Å². The van der Waals surface area contributed by atoms with Gasteiger partial charge in [-0.15, -0.1) is 0 Å². The Morgan fingerprint density at radius 1 is 1.36 bits per heavy atom. The fraction of sp³-hybridized carbons (Fsp3) is 0.278. The second-order valence-electron chi connectivity index (χ2n) is 6.10. The van der Waals surface area contributed by atoms with Crippen molar-refractivity contribution < 1.29 is 13.9 Å². The first-order chi connectivity index (χ1) is 12.1. The summed E-state index contributed by atoms with van der Waals surface area (Å²) in [5, 5.41) is 7.77. The molecule has 128 valence electrons. The molecule has 0 saturated heterocycles. The highest BCUT2D eigenvalue weighted by atomic mass is 16.5. The second kappa shape index (κ2) is 6.08. The Labute approximate surface area is 143 Å². The number of carbonyl (C=O) groups is 1. The fourth-order valence-electron chi connectivity index (χ4n) is 3.04. The topological polar surface area (TPSA) is 88.4 Å². The highest BCUT2D eigenvalue weighted by molar-refractivity contribution is 5.82. The van der Waals surface area contributed by atoms with Crippen molar-refractivity contribution in [2.75, 3.05) is 6.54 Å². The molecule has 0 bridgehead atoms. The summed E-state index contributed by atoms with van der Waals surface area (Å²) in [6.45, 7) is 2.89. The molecule has 1 aliphatic rings. The summed E-state index contributed by atoms with van der Waals surface area (Å²) in [7, 11) is 0. The summed E-state index contributed by atoms with van der Waals surface area (Å²) in [5.41, 5.74) is 2.14.